The van der Waals surface area contributed by atoms with Gasteiger partial charge in [0.2, 0.25) is 0 Å². The summed E-state index contributed by atoms with van der Waals surface area (Å²) in [6.45, 7) is 16.1. The van der Waals surface area contributed by atoms with Gasteiger partial charge in [0.25, 0.3) is 0 Å². The third-order valence-corrected chi connectivity index (χ3v) is 11.5. The van der Waals surface area contributed by atoms with E-state index in [0.29, 0.717) is 11.8 Å². The van der Waals surface area contributed by atoms with Crippen molar-refractivity contribution in [2.45, 2.75) is 59.7 Å². The smallest absolute Gasteiger partial charge is 0.0798 e. The molecule has 0 spiro atoms. The monoisotopic (exact) mass is 876 g/mol. The van der Waals surface area contributed by atoms with Crippen molar-refractivity contribution in [3.05, 3.63) is 145 Å². The number of imidazole rings is 1. The Morgan fingerprint density at radius 2 is 1.54 bits per heavy atom. The van der Waals surface area contributed by atoms with E-state index in [1.165, 1.54) is 27.1 Å². The van der Waals surface area contributed by atoms with Gasteiger partial charge in [-0.1, -0.05) is 136 Å². The van der Waals surface area contributed by atoms with Crippen molar-refractivity contribution < 1.29 is 24.5 Å². The third-order valence-electron chi connectivity index (χ3n) is 9.39. The molecule has 0 bridgehead atoms. The predicted molar refractivity (Wildman–Crippen MR) is 217 cm³/mol. The van der Waals surface area contributed by atoms with Gasteiger partial charge in [0.05, 0.1) is 24.9 Å². The summed E-state index contributed by atoms with van der Waals surface area (Å²) in [6, 6.07) is 43.2. The number of furan rings is 1. The van der Waals surface area contributed by atoms with Crippen LogP contribution in [0.5, 0.6) is 0 Å². The van der Waals surface area contributed by atoms with Gasteiger partial charge in [-0.2, -0.15) is 0 Å². The molecule has 0 amide bonds. The van der Waals surface area contributed by atoms with Crippen molar-refractivity contribution in [1.82, 2.24) is 14.5 Å². The quantitative estimate of drug-likeness (QED) is 0.118. The molecule has 265 valence electrons. The van der Waals surface area contributed by atoms with Crippen LogP contribution in [-0.2, 0) is 26.5 Å². The standard InChI is InChI=1S/C28H21N2O.C18H24NSi.Ir/c1-18(2)20-12-14-27-23(16-20)24(17-31-27)28-29-25-9-5-6-10-26(25)30(28)22-13-11-19-7-3-4-8-21(19)15-22;1-14(2)11-16-12-17(15-9-7-6-8-10-15)19-13-18(16)20(3,4)5;/h3-16,18H,1-2H3;6-9,12-14H,11H2,1-5H3;/q2*-1;. The van der Waals surface area contributed by atoms with Crippen LogP contribution in [0.3, 0.4) is 0 Å². The molecule has 52 heavy (non-hydrogen) atoms. The Hall–Kier alpha value is -4.61. The molecule has 5 aromatic carbocycles. The molecule has 4 nitrogen and oxygen atoms in total. The topological polar surface area (TPSA) is 43.9 Å². The van der Waals surface area contributed by atoms with Gasteiger partial charge in [0.15, 0.2) is 0 Å². The number of benzene rings is 5. The number of nitrogens with zero attached hydrogens (tertiary/aromatic N) is 3. The van der Waals surface area contributed by atoms with Crippen molar-refractivity contribution >= 4 is 46.0 Å². The average molecular weight is 876 g/mol. The van der Waals surface area contributed by atoms with Gasteiger partial charge in [-0.3, -0.25) is 4.98 Å². The molecule has 0 fully saturated rings. The summed E-state index contributed by atoms with van der Waals surface area (Å²) >= 11 is 0. The van der Waals surface area contributed by atoms with Crippen LogP contribution >= 0.6 is 0 Å². The number of fused-ring (bicyclic) bond motifs is 3. The Morgan fingerprint density at radius 1 is 0.788 bits per heavy atom. The van der Waals surface area contributed by atoms with Gasteiger partial charge in [-0.25, -0.2) is 0 Å². The summed E-state index contributed by atoms with van der Waals surface area (Å²) in [6.07, 6.45) is 6.38. The molecular weight excluding hydrogens is 831 g/mol. The number of pyridine rings is 1. The molecule has 0 aliphatic rings. The minimum Gasteiger partial charge on any atom is -0.557 e. The minimum absolute atomic E-state index is 0. The summed E-state index contributed by atoms with van der Waals surface area (Å²) in [5, 5.41) is 4.96. The number of hydrogen-bond acceptors (Lipinski definition) is 3. The summed E-state index contributed by atoms with van der Waals surface area (Å²) in [5.41, 5.74) is 9.69. The Kier molecular flexibility index (Phi) is 11.1. The first-order valence-electron chi connectivity index (χ1n) is 17.9. The van der Waals surface area contributed by atoms with E-state index in [-0.39, 0.29) is 20.1 Å². The normalized spacial score (nSPS) is 11.6. The molecule has 0 aliphatic carbocycles. The van der Waals surface area contributed by atoms with Crippen molar-refractivity contribution in [3.8, 4) is 28.3 Å². The number of rotatable bonds is 7. The zero-order chi connectivity index (χ0) is 35.7. The van der Waals surface area contributed by atoms with Gasteiger partial charge < -0.3 is 14.0 Å². The second-order valence-corrected chi connectivity index (χ2v) is 20.2. The molecule has 0 saturated carbocycles. The first-order chi connectivity index (χ1) is 24.6. The number of hydrogen-bond donors (Lipinski definition) is 0. The molecule has 0 atom stereocenters. The molecule has 6 heteroatoms. The van der Waals surface area contributed by atoms with Gasteiger partial charge in [-0.15, -0.1) is 35.9 Å². The Morgan fingerprint density at radius 3 is 2.27 bits per heavy atom. The zero-order valence-corrected chi connectivity index (χ0v) is 34.4. The van der Waals surface area contributed by atoms with Gasteiger partial charge in [0, 0.05) is 43.8 Å². The van der Waals surface area contributed by atoms with E-state index in [0.717, 1.165) is 56.8 Å². The van der Waals surface area contributed by atoms with Crippen LogP contribution < -0.4 is 5.19 Å². The van der Waals surface area contributed by atoms with Crippen LogP contribution in [-0.4, -0.2) is 22.6 Å². The van der Waals surface area contributed by atoms with E-state index in [1.807, 2.05) is 30.3 Å². The fraction of sp³-hybridized carbons (Fsp3) is 0.217. The van der Waals surface area contributed by atoms with E-state index in [2.05, 4.69) is 160 Å². The SMILES string of the molecule is CC(C)Cc1cc(-c2[c-]cccc2)ncc1[Si](C)(C)C.CC(C)c1ccc2o[c-]c(-c3nc4ccccc4n3-c3ccc4ccccc4c3)c2c1.[Ir]. The maximum absolute atomic E-state index is 5.82. The second-order valence-electron chi connectivity index (χ2n) is 15.1. The van der Waals surface area contributed by atoms with Crippen LogP contribution in [0.15, 0.2) is 126 Å². The van der Waals surface area contributed by atoms with E-state index < -0.39 is 8.07 Å². The summed E-state index contributed by atoms with van der Waals surface area (Å²) in [7, 11) is -1.34. The molecule has 1 radical (unpaired) electrons. The fourth-order valence-corrected chi connectivity index (χ4v) is 8.36. The summed E-state index contributed by atoms with van der Waals surface area (Å²) in [4.78, 5) is 9.69. The largest absolute Gasteiger partial charge is 0.557 e. The van der Waals surface area contributed by atoms with Gasteiger partial charge in [0.1, 0.15) is 0 Å². The van der Waals surface area contributed by atoms with Crippen LogP contribution in [0.25, 0.3) is 61.1 Å². The molecule has 0 N–H and O–H groups in total. The van der Waals surface area contributed by atoms with Crippen molar-refractivity contribution in [2.24, 2.45) is 5.92 Å². The minimum atomic E-state index is -1.34. The van der Waals surface area contributed by atoms with Gasteiger partial charge in [-0.05, 0) is 64.2 Å². The van der Waals surface area contributed by atoms with E-state index in [1.54, 1.807) is 0 Å². The molecular formula is C46H45IrN3OSi-2. The Bertz CT molecular complexity index is 2450. The average Bonchev–Trinajstić information content (AvgIpc) is 3.72. The van der Waals surface area contributed by atoms with Crippen LogP contribution in [0, 0.1) is 18.2 Å². The zero-order valence-electron chi connectivity index (χ0n) is 31.0. The third kappa shape index (κ3) is 7.75. The molecule has 3 aromatic heterocycles. The van der Waals surface area contributed by atoms with Crippen molar-refractivity contribution in [3.63, 3.8) is 0 Å². The maximum atomic E-state index is 5.82. The first kappa shape index (κ1) is 37.2. The van der Waals surface area contributed by atoms with E-state index in [9.17, 15) is 0 Å². The van der Waals surface area contributed by atoms with Crippen molar-refractivity contribution in [1.29, 1.82) is 0 Å². The predicted octanol–water partition coefficient (Wildman–Crippen LogP) is 11.8. The Labute approximate surface area is 322 Å². The molecule has 8 aromatic rings. The second kappa shape index (κ2) is 15.6. The van der Waals surface area contributed by atoms with Crippen LogP contribution in [0.1, 0.15) is 44.7 Å². The van der Waals surface area contributed by atoms with E-state index in [4.69, 9.17) is 9.40 Å². The van der Waals surface area contributed by atoms with Crippen LogP contribution in [0.2, 0.25) is 19.6 Å². The van der Waals surface area contributed by atoms with Gasteiger partial charge >= 0.3 is 0 Å². The first-order valence-corrected chi connectivity index (χ1v) is 21.4. The molecule has 0 saturated heterocycles. The molecule has 3 heterocycles. The van der Waals surface area contributed by atoms with Crippen molar-refractivity contribution in [2.75, 3.05) is 0 Å². The molecule has 0 unspecified atom stereocenters. The molecule has 0 aliphatic heterocycles. The number of para-hydroxylation sites is 2. The molecule has 8 rings (SSSR count). The Balaban J connectivity index is 0.000000193. The fourth-order valence-electron chi connectivity index (χ4n) is 6.77. The van der Waals surface area contributed by atoms with E-state index >= 15 is 0 Å². The number of aromatic nitrogens is 3. The summed E-state index contributed by atoms with van der Waals surface area (Å²) in [5.74, 6) is 1.95. The maximum Gasteiger partial charge on any atom is 0.0798 e. The summed E-state index contributed by atoms with van der Waals surface area (Å²) < 4.78 is 8.03. The van der Waals surface area contributed by atoms with Crippen LogP contribution in [0.4, 0.5) is 0 Å².